The van der Waals surface area contributed by atoms with Crippen LogP contribution in [0.5, 0.6) is 0 Å². The van der Waals surface area contributed by atoms with Gasteiger partial charge in [0, 0.05) is 44.2 Å². The lowest BCUT2D eigenvalue weighted by molar-refractivity contribution is -0.181. The first-order valence-electron chi connectivity index (χ1n) is 13.7. The van der Waals surface area contributed by atoms with Gasteiger partial charge in [-0.05, 0) is 43.9 Å². The van der Waals surface area contributed by atoms with Crippen LogP contribution in [0.15, 0.2) is 36.5 Å². The molecule has 4 aliphatic rings. The number of nitrogens with zero attached hydrogens (tertiary/aromatic N) is 4. The highest BCUT2D eigenvalue weighted by Crippen LogP contribution is 2.42. The number of hydrogen-bond acceptors (Lipinski definition) is 7. The third-order valence-corrected chi connectivity index (χ3v) is 8.46. The molecule has 7 rings (SSSR count). The van der Waals surface area contributed by atoms with Crippen LogP contribution in [-0.4, -0.2) is 72.1 Å². The number of anilines is 2. The van der Waals surface area contributed by atoms with Crippen LogP contribution < -0.4 is 15.5 Å². The molecule has 2 unspecified atom stereocenters. The number of carbonyl (C=O) groups excluding carboxylic acids is 1. The normalized spacial score (nSPS) is 24.8. The van der Waals surface area contributed by atoms with E-state index in [1.165, 1.54) is 0 Å². The van der Waals surface area contributed by atoms with Gasteiger partial charge in [0.05, 0.1) is 54.3 Å². The van der Waals surface area contributed by atoms with Crippen LogP contribution in [-0.2, 0) is 14.2 Å². The summed E-state index contributed by atoms with van der Waals surface area (Å²) < 4.78 is 20.3. The van der Waals surface area contributed by atoms with Gasteiger partial charge in [-0.15, -0.1) is 0 Å². The first-order chi connectivity index (χ1) is 18.6. The molecule has 3 aliphatic heterocycles. The molecule has 2 atom stereocenters. The largest absolute Gasteiger partial charge is 0.371 e. The summed E-state index contributed by atoms with van der Waals surface area (Å²) in [7, 11) is 1.60. The molecule has 38 heavy (non-hydrogen) atoms. The molecule has 10 nitrogen and oxygen atoms in total. The van der Waals surface area contributed by atoms with Gasteiger partial charge in [0.2, 0.25) is 0 Å². The second-order valence-corrected chi connectivity index (χ2v) is 10.8. The minimum absolute atomic E-state index is 0.243. The maximum atomic E-state index is 11.7. The van der Waals surface area contributed by atoms with Crippen molar-refractivity contribution in [2.45, 2.75) is 62.6 Å². The molecule has 2 aromatic heterocycles. The second kappa shape index (κ2) is 9.52. The number of rotatable bonds is 4. The van der Waals surface area contributed by atoms with Crippen molar-refractivity contribution >= 4 is 28.4 Å². The topological polar surface area (TPSA) is 103 Å². The monoisotopic (exact) mass is 518 g/mol. The van der Waals surface area contributed by atoms with Crippen LogP contribution in [0.1, 0.15) is 44.6 Å². The fourth-order valence-electron chi connectivity index (χ4n) is 6.48. The number of morpholine rings is 1. The second-order valence-electron chi connectivity index (χ2n) is 10.8. The van der Waals surface area contributed by atoms with Gasteiger partial charge in [-0.3, -0.25) is 4.68 Å². The van der Waals surface area contributed by atoms with E-state index in [-0.39, 0.29) is 24.3 Å². The van der Waals surface area contributed by atoms with E-state index in [1.807, 2.05) is 30.5 Å². The standard InChI is InChI=1S/C28H34N6O4/c1-29-27(35)31-19-4-2-18(3-5-19)24-14-25-23(26(32-24)33-16-21-6-7-22(17-33)38-21)15-30-34(25)20-8-10-28(11-9-20)36-12-13-37-28/h2-5,14-15,20-22H,6-13,16-17H2,1H3,(H2,29,31,35). The van der Waals surface area contributed by atoms with Crippen molar-refractivity contribution < 1.29 is 19.0 Å². The quantitative estimate of drug-likeness (QED) is 0.537. The van der Waals surface area contributed by atoms with E-state index in [0.29, 0.717) is 13.2 Å². The van der Waals surface area contributed by atoms with E-state index in [0.717, 1.165) is 85.3 Å². The number of hydrogen-bond donors (Lipinski definition) is 2. The highest BCUT2D eigenvalue weighted by atomic mass is 16.7. The highest BCUT2D eigenvalue weighted by molar-refractivity contribution is 5.93. The fraction of sp³-hybridized carbons (Fsp3) is 0.536. The summed E-state index contributed by atoms with van der Waals surface area (Å²) >= 11 is 0. The van der Waals surface area contributed by atoms with E-state index < -0.39 is 5.79 Å². The molecule has 0 radical (unpaired) electrons. The molecule has 2 N–H and O–H groups in total. The van der Waals surface area contributed by atoms with Crippen molar-refractivity contribution in [3.05, 3.63) is 36.5 Å². The molecule has 5 heterocycles. The summed E-state index contributed by atoms with van der Waals surface area (Å²) in [5.74, 6) is 0.584. The first kappa shape index (κ1) is 23.9. The van der Waals surface area contributed by atoms with Crippen molar-refractivity contribution in [3.8, 4) is 11.3 Å². The predicted octanol–water partition coefficient (Wildman–Crippen LogP) is 4.08. The molecule has 3 aromatic rings. The molecule has 3 saturated heterocycles. The fourth-order valence-corrected chi connectivity index (χ4v) is 6.48. The lowest BCUT2D eigenvalue weighted by Crippen LogP contribution is -2.43. The number of pyridine rings is 1. The molecular formula is C28H34N6O4. The number of benzene rings is 1. The van der Waals surface area contributed by atoms with Crippen molar-refractivity contribution in [1.82, 2.24) is 20.1 Å². The van der Waals surface area contributed by atoms with Crippen LogP contribution in [0.25, 0.3) is 22.2 Å². The first-order valence-corrected chi connectivity index (χ1v) is 13.7. The maximum absolute atomic E-state index is 11.7. The summed E-state index contributed by atoms with van der Waals surface area (Å²) in [5.41, 5.74) is 3.73. The zero-order valence-electron chi connectivity index (χ0n) is 21.7. The van der Waals surface area contributed by atoms with Crippen LogP contribution in [0.3, 0.4) is 0 Å². The van der Waals surface area contributed by atoms with Crippen LogP contribution in [0, 0.1) is 0 Å². The van der Waals surface area contributed by atoms with Crippen LogP contribution in [0.4, 0.5) is 16.3 Å². The lowest BCUT2D eigenvalue weighted by Gasteiger charge is -2.35. The van der Waals surface area contributed by atoms with Gasteiger partial charge in [0.25, 0.3) is 0 Å². The van der Waals surface area contributed by atoms with E-state index in [1.54, 1.807) is 7.05 Å². The molecule has 200 valence electrons. The Balaban J connectivity index is 1.25. The zero-order valence-corrected chi connectivity index (χ0v) is 21.7. The number of aromatic nitrogens is 3. The maximum Gasteiger partial charge on any atom is 0.318 e. The summed E-state index contributed by atoms with van der Waals surface area (Å²) in [5, 5.41) is 11.4. The Morgan fingerprint density at radius 3 is 2.42 bits per heavy atom. The average Bonchev–Trinajstić information content (AvgIpc) is 3.68. The Kier molecular flexibility index (Phi) is 5.98. The molecular weight excluding hydrogens is 484 g/mol. The van der Waals surface area contributed by atoms with Crippen molar-refractivity contribution in [2.24, 2.45) is 0 Å². The Bertz CT molecular complexity index is 1310. The zero-order chi connectivity index (χ0) is 25.7. The third-order valence-electron chi connectivity index (χ3n) is 8.46. The van der Waals surface area contributed by atoms with Crippen LogP contribution >= 0.6 is 0 Å². The van der Waals surface area contributed by atoms with Crippen LogP contribution in [0.2, 0.25) is 0 Å². The van der Waals surface area contributed by atoms with Gasteiger partial charge in [-0.25, -0.2) is 9.78 Å². The minimum atomic E-state index is -0.394. The minimum Gasteiger partial charge on any atom is -0.371 e. The lowest BCUT2D eigenvalue weighted by atomic mass is 9.90. The highest BCUT2D eigenvalue weighted by Gasteiger charge is 2.41. The average molecular weight is 519 g/mol. The third kappa shape index (κ3) is 4.30. The Morgan fingerprint density at radius 1 is 1.03 bits per heavy atom. The molecule has 1 spiro atoms. The van der Waals surface area contributed by atoms with E-state index in [2.05, 4.69) is 26.3 Å². The van der Waals surface area contributed by atoms with Crippen molar-refractivity contribution in [1.29, 1.82) is 0 Å². The summed E-state index contributed by atoms with van der Waals surface area (Å²) in [6.07, 6.45) is 8.43. The number of ether oxygens (including phenoxy) is 3. The Hall–Kier alpha value is -3.21. The Morgan fingerprint density at radius 2 is 1.74 bits per heavy atom. The van der Waals surface area contributed by atoms with E-state index in [4.69, 9.17) is 24.3 Å². The number of urea groups is 1. The number of carbonyl (C=O) groups is 1. The molecule has 2 amide bonds. The van der Waals surface area contributed by atoms with E-state index in [9.17, 15) is 4.79 Å². The number of fused-ring (bicyclic) bond motifs is 3. The van der Waals surface area contributed by atoms with Crippen molar-refractivity contribution in [3.63, 3.8) is 0 Å². The molecule has 4 fully saturated rings. The van der Waals surface area contributed by atoms with Gasteiger partial charge in [-0.2, -0.15) is 5.10 Å². The summed E-state index contributed by atoms with van der Waals surface area (Å²) in [6.45, 7) is 3.07. The summed E-state index contributed by atoms with van der Waals surface area (Å²) in [6, 6.07) is 10.0. The van der Waals surface area contributed by atoms with Crippen molar-refractivity contribution in [2.75, 3.05) is 43.6 Å². The SMILES string of the molecule is CNC(=O)Nc1ccc(-c2cc3c(cnn3C3CCC4(CC3)OCCO4)c(N3CC4CCC(C3)O4)n2)cc1. The van der Waals surface area contributed by atoms with Gasteiger partial charge < -0.3 is 29.7 Å². The van der Waals surface area contributed by atoms with Gasteiger partial charge >= 0.3 is 6.03 Å². The van der Waals surface area contributed by atoms with Gasteiger partial charge in [0.15, 0.2) is 5.79 Å². The van der Waals surface area contributed by atoms with Gasteiger partial charge in [0.1, 0.15) is 5.82 Å². The number of nitrogens with one attached hydrogen (secondary N) is 2. The molecule has 1 aliphatic carbocycles. The number of amides is 2. The molecule has 2 bridgehead atoms. The van der Waals surface area contributed by atoms with E-state index >= 15 is 0 Å². The predicted molar refractivity (Wildman–Crippen MR) is 143 cm³/mol. The van der Waals surface area contributed by atoms with Gasteiger partial charge in [-0.1, -0.05) is 12.1 Å². The summed E-state index contributed by atoms with van der Waals surface area (Å²) in [4.78, 5) is 19.3. The molecule has 1 saturated carbocycles. The molecule has 10 heteroatoms. The smallest absolute Gasteiger partial charge is 0.318 e. The molecule has 1 aromatic carbocycles. The Labute approximate surface area is 221 Å².